The maximum atomic E-state index is 6.23. The van der Waals surface area contributed by atoms with E-state index in [-0.39, 0.29) is 6.04 Å². The van der Waals surface area contributed by atoms with Crippen LogP contribution in [-0.2, 0) is 6.42 Å². The maximum Gasteiger partial charge on any atom is 0.124 e. The Hall–Kier alpha value is -1.67. The van der Waals surface area contributed by atoms with Crippen LogP contribution in [0.3, 0.4) is 0 Å². The Bertz CT molecular complexity index is 624. The average Bonchev–Trinajstić information content (AvgIpc) is 2.84. The van der Waals surface area contributed by atoms with Gasteiger partial charge in [-0.15, -0.1) is 0 Å². The summed E-state index contributed by atoms with van der Waals surface area (Å²) in [5.74, 6) is 0.923. The Labute approximate surface area is 118 Å². The SMILES string of the molecule is COc1ccc(C)cc1C1Cc2cccc(Cl)c2N1. The van der Waals surface area contributed by atoms with Gasteiger partial charge < -0.3 is 10.1 Å². The van der Waals surface area contributed by atoms with E-state index in [4.69, 9.17) is 16.3 Å². The van der Waals surface area contributed by atoms with Crippen LogP contribution in [0, 0.1) is 6.92 Å². The highest BCUT2D eigenvalue weighted by Crippen LogP contribution is 2.41. The molecular formula is C16H16ClNO. The molecular weight excluding hydrogens is 258 g/mol. The van der Waals surface area contributed by atoms with Crippen molar-refractivity contribution in [2.75, 3.05) is 12.4 Å². The number of hydrogen-bond donors (Lipinski definition) is 1. The summed E-state index contributed by atoms with van der Waals surface area (Å²) < 4.78 is 5.47. The molecule has 98 valence electrons. The number of nitrogens with one attached hydrogen (secondary N) is 1. The molecule has 1 unspecified atom stereocenters. The van der Waals surface area contributed by atoms with Gasteiger partial charge in [-0.2, -0.15) is 0 Å². The van der Waals surface area contributed by atoms with E-state index in [0.717, 1.165) is 22.9 Å². The van der Waals surface area contributed by atoms with Crippen LogP contribution in [0.1, 0.15) is 22.7 Å². The molecule has 2 aromatic carbocycles. The van der Waals surface area contributed by atoms with Crippen molar-refractivity contribution in [3.05, 3.63) is 58.1 Å². The topological polar surface area (TPSA) is 21.3 Å². The summed E-state index contributed by atoms with van der Waals surface area (Å²) in [5, 5.41) is 4.29. The number of anilines is 1. The number of halogens is 1. The molecule has 0 saturated heterocycles. The lowest BCUT2D eigenvalue weighted by molar-refractivity contribution is 0.407. The van der Waals surface area contributed by atoms with Crippen LogP contribution in [0.25, 0.3) is 0 Å². The third-order valence-corrected chi connectivity index (χ3v) is 3.92. The first kappa shape index (κ1) is 12.4. The highest BCUT2D eigenvalue weighted by molar-refractivity contribution is 6.33. The van der Waals surface area contributed by atoms with Crippen molar-refractivity contribution in [1.29, 1.82) is 0 Å². The summed E-state index contributed by atoms with van der Waals surface area (Å²) in [6.07, 6.45) is 0.940. The zero-order valence-corrected chi connectivity index (χ0v) is 11.8. The van der Waals surface area contributed by atoms with Crippen molar-refractivity contribution < 1.29 is 4.74 Å². The summed E-state index contributed by atoms with van der Waals surface area (Å²) in [6.45, 7) is 2.10. The van der Waals surface area contributed by atoms with Crippen molar-refractivity contribution in [2.45, 2.75) is 19.4 Å². The lowest BCUT2D eigenvalue weighted by Gasteiger charge is -2.16. The monoisotopic (exact) mass is 273 g/mol. The first-order valence-electron chi connectivity index (χ1n) is 6.37. The van der Waals surface area contributed by atoms with Gasteiger partial charge >= 0.3 is 0 Å². The largest absolute Gasteiger partial charge is 0.496 e. The van der Waals surface area contributed by atoms with Crippen LogP contribution in [0.5, 0.6) is 5.75 Å². The minimum Gasteiger partial charge on any atom is -0.496 e. The van der Waals surface area contributed by atoms with Gasteiger partial charge in [-0.3, -0.25) is 0 Å². The normalized spacial score (nSPS) is 16.9. The summed E-state index contributed by atoms with van der Waals surface area (Å²) in [7, 11) is 1.71. The van der Waals surface area contributed by atoms with Gasteiger partial charge in [0.05, 0.1) is 23.9 Å². The van der Waals surface area contributed by atoms with Gasteiger partial charge in [0, 0.05) is 5.56 Å². The highest BCUT2D eigenvalue weighted by Gasteiger charge is 2.25. The Kier molecular flexibility index (Phi) is 3.11. The molecule has 1 aliphatic rings. The number of ether oxygens (including phenoxy) is 1. The molecule has 3 rings (SSSR count). The van der Waals surface area contributed by atoms with Gasteiger partial charge in [0.25, 0.3) is 0 Å². The standard InChI is InChI=1S/C16H16ClNO/c1-10-6-7-15(19-2)12(8-10)14-9-11-4-3-5-13(17)16(11)18-14/h3-8,14,18H,9H2,1-2H3. The molecule has 0 spiro atoms. The van der Waals surface area contributed by atoms with Crippen LogP contribution in [0.4, 0.5) is 5.69 Å². The van der Waals surface area contributed by atoms with Gasteiger partial charge in [-0.25, -0.2) is 0 Å². The lowest BCUT2D eigenvalue weighted by atomic mass is 10.00. The maximum absolute atomic E-state index is 6.23. The number of fused-ring (bicyclic) bond motifs is 1. The van der Waals surface area contributed by atoms with Crippen LogP contribution >= 0.6 is 11.6 Å². The third-order valence-electron chi connectivity index (χ3n) is 3.60. The zero-order valence-electron chi connectivity index (χ0n) is 11.0. The molecule has 0 aromatic heterocycles. The first-order valence-corrected chi connectivity index (χ1v) is 6.75. The molecule has 2 nitrogen and oxygen atoms in total. The molecule has 1 atom stereocenters. The van der Waals surface area contributed by atoms with Gasteiger partial charge in [-0.05, 0) is 31.0 Å². The molecule has 0 amide bonds. The van der Waals surface area contributed by atoms with Crippen LogP contribution < -0.4 is 10.1 Å². The smallest absolute Gasteiger partial charge is 0.124 e. The highest BCUT2D eigenvalue weighted by atomic mass is 35.5. The first-order chi connectivity index (χ1) is 9.19. The van der Waals surface area contributed by atoms with Crippen molar-refractivity contribution in [3.8, 4) is 5.75 Å². The Morgan fingerprint density at radius 3 is 2.84 bits per heavy atom. The Morgan fingerprint density at radius 1 is 1.26 bits per heavy atom. The average molecular weight is 274 g/mol. The second kappa shape index (κ2) is 4.78. The molecule has 3 heteroatoms. The van der Waals surface area contributed by atoms with Crippen LogP contribution in [0.15, 0.2) is 36.4 Å². The molecule has 0 aliphatic carbocycles. The van der Waals surface area contributed by atoms with E-state index >= 15 is 0 Å². The fraction of sp³-hybridized carbons (Fsp3) is 0.250. The number of aryl methyl sites for hydroxylation is 1. The zero-order chi connectivity index (χ0) is 13.4. The molecule has 0 bridgehead atoms. The number of hydrogen-bond acceptors (Lipinski definition) is 2. The molecule has 1 aliphatic heterocycles. The molecule has 1 heterocycles. The summed E-state index contributed by atoms with van der Waals surface area (Å²) in [5.41, 5.74) is 4.74. The number of benzene rings is 2. The predicted octanol–water partition coefficient (Wildman–Crippen LogP) is 4.37. The van der Waals surface area contributed by atoms with Crippen LogP contribution in [0.2, 0.25) is 5.02 Å². The number of methoxy groups -OCH3 is 1. The predicted molar refractivity (Wildman–Crippen MR) is 79.3 cm³/mol. The lowest BCUT2D eigenvalue weighted by Crippen LogP contribution is -2.08. The second-order valence-corrected chi connectivity index (χ2v) is 5.33. The molecule has 0 saturated carbocycles. The molecule has 1 N–H and O–H groups in total. The Balaban J connectivity index is 1.99. The summed E-state index contributed by atoms with van der Waals surface area (Å²) in [6, 6.07) is 12.5. The molecule has 0 fully saturated rings. The Morgan fingerprint density at radius 2 is 2.11 bits per heavy atom. The van der Waals surface area contributed by atoms with Gasteiger partial charge in [0.15, 0.2) is 0 Å². The van der Waals surface area contributed by atoms with Gasteiger partial charge in [-0.1, -0.05) is 41.4 Å². The molecule has 0 radical (unpaired) electrons. The van der Waals surface area contributed by atoms with E-state index in [1.807, 2.05) is 18.2 Å². The fourth-order valence-electron chi connectivity index (χ4n) is 2.66. The minimum atomic E-state index is 0.227. The van der Waals surface area contributed by atoms with E-state index < -0.39 is 0 Å². The van der Waals surface area contributed by atoms with E-state index in [1.165, 1.54) is 16.7 Å². The van der Waals surface area contributed by atoms with E-state index in [1.54, 1.807) is 7.11 Å². The second-order valence-electron chi connectivity index (χ2n) is 4.92. The van der Waals surface area contributed by atoms with E-state index in [2.05, 4.69) is 30.4 Å². The quantitative estimate of drug-likeness (QED) is 0.877. The number of rotatable bonds is 2. The van der Waals surface area contributed by atoms with Crippen molar-refractivity contribution in [3.63, 3.8) is 0 Å². The van der Waals surface area contributed by atoms with Gasteiger partial charge in [0.1, 0.15) is 5.75 Å². The molecule has 19 heavy (non-hydrogen) atoms. The van der Waals surface area contributed by atoms with Crippen molar-refractivity contribution >= 4 is 17.3 Å². The number of para-hydroxylation sites is 1. The van der Waals surface area contributed by atoms with Crippen molar-refractivity contribution in [1.82, 2.24) is 0 Å². The van der Waals surface area contributed by atoms with Crippen LogP contribution in [-0.4, -0.2) is 7.11 Å². The minimum absolute atomic E-state index is 0.227. The molecule has 2 aromatic rings. The van der Waals surface area contributed by atoms with E-state index in [9.17, 15) is 0 Å². The van der Waals surface area contributed by atoms with Crippen molar-refractivity contribution in [2.24, 2.45) is 0 Å². The third kappa shape index (κ3) is 2.17. The van der Waals surface area contributed by atoms with E-state index in [0.29, 0.717) is 0 Å². The summed E-state index contributed by atoms with van der Waals surface area (Å²) in [4.78, 5) is 0. The fourth-order valence-corrected chi connectivity index (χ4v) is 2.91. The summed E-state index contributed by atoms with van der Waals surface area (Å²) >= 11 is 6.23. The van der Waals surface area contributed by atoms with Gasteiger partial charge in [0.2, 0.25) is 0 Å².